The maximum Gasteiger partial charge on any atom is 0.328 e. The molecule has 0 aliphatic heterocycles. The molecule has 0 saturated heterocycles. The van der Waals surface area contributed by atoms with Gasteiger partial charge in [-0.3, -0.25) is 24.6 Å². The van der Waals surface area contributed by atoms with Gasteiger partial charge in [0.05, 0.1) is 12.6 Å². The predicted octanol–water partition coefficient (Wildman–Crippen LogP) is -3.90. The first-order valence-corrected chi connectivity index (χ1v) is 11.4. The molecule has 0 bridgehead atoms. The van der Waals surface area contributed by atoms with Crippen molar-refractivity contribution in [2.75, 3.05) is 19.7 Å². The van der Waals surface area contributed by atoms with Gasteiger partial charge in [0, 0.05) is 13.0 Å². The molecule has 16 heteroatoms. The van der Waals surface area contributed by atoms with Crippen LogP contribution in [0, 0.1) is 5.41 Å². The minimum absolute atomic E-state index is 0.0506. The Labute approximate surface area is 208 Å². The molecule has 0 unspecified atom stereocenters. The van der Waals surface area contributed by atoms with Crippen LogP contribution in [0.3, 0.4) is 0 Å². The van der Waals surface area contributed by atoms with Crippen LogP contribution in [0.5, 0.6) is 0 Å². The Morgan fingerprint density at radius 3 is 1.86 bits per heavy atom. The lowest BCUT2D eigenvalue weighted by Gasteiger charge is -2.25. The van der Waals surface area contributed by atoms with Crippen molar-refractivity contribution in [3.05, 3.63) is 0 Å². The summed E-state index contributed by atoms with van der Waals surface area (Å²) in [5, 5.41) is 43.7. The summed E-state index contributed by atoms with van der Waals surface area (Å²) >= 11 is 0. The summed E-state index contributed by atoms with van der Waals surface area (Å²) in [6, 6.07) is -5.23. The number of nitrogens with two attached hydrogens (primary N) is 3. The van der Waals surface area contributed by atoms with Crippen LogP contribution in [0.25, 0.3) is 0 Å². The fourth-order valence-electron chi connectivity index (χ4n) is 2.98. The molecule has 14 N–H and O–H groups in total. The SMILES string of the molecule is N=C(N)NCCC[C@H](NC(=O)[C@@H](N)CCCCN)C(=O)N[C@@H](CCC(=O)O)C(=O)N[C@@H](CO)C(=O)O. The first-order valence-electron chi connectivity index (χ1n) is 11.4. The molecule has 0 aromatic carbocycles. The maximum atomic E-state index is 13.0. The van der Waals surface area contributed by atoms with Crippen LogP contribution in [0.1, 0.15) is 44.9 Å². The van der Waals surface area contributed by atoms with Gasteiger partial charge in [0.25, 0.3) is 0 Å². The number of carboxylic acid groups (broad SMARTS) is 2. The van der Waals surface area contributed by atoms with Crippen molar-refractivity contribution in [1.29, 1.82) is 5.41 Å². The molecule has 0 fully saturated rings. The zero-order valence-electron chi connectivity index (χ0n) is 20.0. The number of aliphatic hydroxyl groups excluding tert-OH is 1. The van der Waals surface area contributed by atoms with Crippen LogP contribution in [0.4, 0.5) is 0 Å². The number of carbonyl (C=O) groups is 5. The summed E-state index contributed by atoms with van der Waals surface area (Å²) in [5.74, 6) is -5.55. The molecule has 0 saturated carbocycles. The van der Waals surface area contributed by atoms with Gasteiger partial charge >= 0.3 is 11.9 Å². The highest BCUT2D eigenvalue weighted by Crippen LogP contribution is 2.05. The number of aliphatic hydroxyl groups is 1. The number of aliphatic carboxylic acids is 2. The van der Waals surface area contributed by atoms with E-state index in [4.69, 9.17) is 37.9 Å². The molecule has 0 aliphatic rings. The Morgan fingerprint density at radius 2 is 1.36 bits per heavy atom. The van der Waals surface area contributed by atoms with Gasteiger partial charge in [-0.25, -0.2) is 4.79 Å². The van der Waals surface area contributed by atoms with Crippen LogP contribution in [-0.4, -0.2) is 94.8 Å². The smallest absolute Gasteiger partial charge is 0.328 e. The Balaban J connectivity index is 5.50. The normalized spacial score (nSPS) is 14.0. The van der Waals surface area contributed by atoms with Crippen molar-refractivity contribution in [3.8, 4) is 0 Å². The minimum atomic E-state index is -1.67. The van der Waals surface area contributed by atoms with Crippen LogP contribution in [0.2, 0.25) is 0 Å². The summed E-state index contributed by atoms with van der Waals surface area (Å²) in [6.45, 7) is -0.289. The second kappa shape index (κ2) is 17.9. The highest BCUT2D eigenvalue weighted by Gasteiger charge is 2.30. The summed E-state index contributed by atoms with van der Waals surface area (Å²) in [7, 11) is 0. The van der Waals surface area contributed by atoms with Crippen molar-refractivity contribution in [2.24, 2.45) is 17.2 Å². The van der Waals surface area contributed by atoms with Gasteiger partial charge in [-0.2, -0.15) is 0 Å². The minimum Gasteiger partial charge on any atom is -0.481 e. The molecular weight excluding hydrogens is 480 g/mol. The second-order valence-corrected chi connectivity index (χ2v) is 8.01. The Morgan fingerprint density at radius 1 is 0.806 bits per heavy atom. The first-order chi connectivity index (χ1) is 16.9. The molecule has 4 atom stereocenters. The van der Waals surface area contributed by atoms with Crippen molar-refractivity contribution < 1.29 is 39.3 Å². The first kappa shape index (κ1) is 32.5. The molecule has 0 radical (unpaired) electrons. The standard InChI is InChI=1S/C20H38N8O8/c21-8-2-1-4-11(22)16(32)26-12(5-3-9-25-20(23)24)17(33)27-13(6-7-15(30)31)18(34)28-14(10-29)19(35)36/h11-14,29H,1-10,21-22H2,(H,26,32)(H,27,33)(H,28,34)(H,30,31)(H,35,36)(H4,23,24,25)/t11-,12-,13-,14-/m0/s1. The largest absolute Gasteiger partial charge is 0.481 e. The highest BCUT2D eigenvalue weighted by molar-refractivity contribution is 5.94. The Kier molecular flexibility index (Phi) is 16.1. The monoisotopic (exact) mass is 518 g/mol. The van der Waals surface area contributed by atoms with Gasteiger partial charge in [-0.15, -0.1) is 0 Å². The zero-order valence-corrected chi connectivity index (χ0v) is 20.0. The van der Waals surface area contributed by atoms with E-state index in [1.54, 1.807) is 0 Å². The lowest BCUT2D eigenvalue weighted by molar-refractivity contribution is -0.144. The van der Waals surface area contributed by atoms with E-state index in [1.165, 1.54) is 0 Å². The zero-order chi connectivity index (χ0) is 27.7. The lowest BCUT2D eigenvalue weighted by atomic mass is 10.1. The molecule has 0 aliphatic carbocycles. The molecule has 0 spiro atoms. The van der Waals surface area contributed by atoms with Gasteiger partial charge in [0.2, 0.25) is 17.7 Å². The van der Waals surface area contributed by atoms with E-state index >= 15 is 0 Å². The molecule has 206 valence electrons. The van der Waals surface area contributed by atoms with Gasteiger partial charge in [0.1, 0.15) is 18.1 Å². The average molecular weight is 519 g/mol. The van der Waals surface area contributed by atoms with Gasteiger partial charge in [0.15, 0.2) is 5.96 Å². The van der Waals surface area contributed by atoms with E-state index in [0.29, 0.717) is 25.8 Å². The maximum absolute atomic E-state index is 13.0. The number of nitrogens with one attached hydrogen (secondary N) is 5. The van der Waals surface area contributed by atoms with Crippen LogP contribution >= 0.6 is 0 Å². The molecule has 3 amide bonds. The lowest BCUT2D eigenvalue weighted by Crippen LogP contribution is -2.57. The average Bonchev–Trinajstić information content (AvgIpc) is 2.80. The summed E-state index contributed by atoms with van der Waals surface area (Å²) in [4.78, 5) is 60.1. The number of carboxylic acids is 2. The third-order valence-corrected chi connectivity index (χ3v) is 5.00. The van der Waals surface area contributed by atoms with E-state index in [9.17, 15) is 24.0 Å². The van der Waals surface area contributed by atoms with Crippen LogP contribution in [-0.2, 0) is 24.0 Å². The highest BCUT2D eigenvalue weighted by atomic mass is 16.4. The third kappa shape index (κ3) is 14.0. The second-order valence-electron chi connectivity index (χ2n) is 8.01. The number of unbranched alkanes of at least 4 members (excludes halogenated alkanes) is 1. The molecule has 0 heterocycles. The molecule has 0 rings (SSSR count). The summed E-state index contributed by atoms with van der Waals surface area (Å²) in [6.07, 6.45) is 0.999. The quantitative estimate of drug-likeness (QED) is 0.0444. The summed E-state index contributed by atoms with van der Waals surface area (Å²) in [5.41, 5.74) is 16.5. The van der Waals surface area contributed by atoms with Crippen molar-refractivity contribution >= 4 is 35.6 Å². The number of hydrogen-bond donors (Lipinski definition) is 11. The Hall–Kier alpha value is -3.50. The molecule has 36 heavy (non-hydrogen) atoms. The van der Waals surface area contributed by atoms with Gasteiger partial charge in [-0.1, -0.05) is 6.42 Å². The molecule has 16 nitrogen and oxygen atoms in total. The van der Waals surface area contributed by atoms with E-state index in [1.807, 2.05) is 5.32 Å². The summed E-state index contributed by atoms with van der Waals surface area (Å²) < 4.78 is 0. The fraction of sp³-hybridized carbons (Fsp3) is 0.700. The number of amides is 3. The number of carbonyl (C=O) groups excluding carboxylic acids is 3. The van der Waals surface area contributed by atoms with E-state index in [-0.39, 0.29) is 31.8 Å². The topological polar surface area (TPSA) is 296 Å². The molecule has 0 aromatic heterocycles. The third-order valence-electron chi connectivity index (χ3n) is 5.00. The van der Waals surface area contributed by atoms with E-state index in [2.05, 4.69) is 16.0 Å². The van der Waals surface area contributed by atoms with E-state index in [0.717, 1.165) is 0 Å². The molecular formula is C20H38N8O8. The van der Waals surface area contributed by atoms with Crippen LogP contribution < -0.4 is 38.5 Å². The number of hydrogen-bond acceptors (Lipinski definition) is 9. The fourth-order valence-corrected chi connectivity index (χ4v) is 2.98. The molecule has 0 aromatic rings. The van der Waals surface area contributed by atoms with Crippen molar-refractivity contribution in [2.45, 2.75) is 69.1 Å². The van der Waals surface area contributed by atoms with Gasteiger partial charge in [-0.05, 0) is 38.6 Å². The van der Waals surface area contributed by atoms with Crippen molar-refractivity contribution in [1.82, 2.24) is 21.3 Å². The van der Waals surface area contributed by atoms with Crippen LogP contribution in [0.15, 0.2) is 0 Å². The van der Waals surface area contributed by atoms with Gasteiger partial charge < -0.3 is 53.8 Å². The number of rotatable bonds is 19. The van der Waals surface area contributed by atoms with Crippen molar-refractivity contribution in [3.63, 3.8) is 0 Å². The predicted molar refractivity (Wildman–Crippen MR) is 127 cm³/mol. The number of guanidine groups is 1. The van der Waals surface area contributed by atoms with E-state index < -0.39 is 66.9 Å². The Bertz CT molecular complexity index is 766.